The van der Waals surface area contributed by atoms with Gasteiger partial charge in [-0.25, -0.2) is 4.98 Å². The first-order valence-electron chi connectivity index (χ1n) is 11.2. The largest absolute Gasteiger partial charge is 0.416 e. The van der Waals surface area contributed by atoms with E-state index in [1.807, 2.05) is 42.5 Å². The van der Waals surface area contributed by atoms with Crippen LogP contribution in [0.1, 0.15) is 11.1 Å². The summed E-state index contributed by atoms with van der Waals surface area (Å²) in [7, 11) is 0. The molecule has 1 aliphatic heterocycles. The molecule has 0 aliphatic carbocycles. The van der Waals surface area contributed by atoms with Crippen LogP contribution in [0, 0.1) is 0 Å². The summed E-state index contributed by atoms with van der Waals surface area (Å²) in [6.45, 7) is 3.36. The standard InChI is InChI=1S/C26H24F3N5/c27-26(28,29)20-10-12-21(13-11-20)33-14-16-34(17-15-33)25-31-23-9-5-4-8-22(23)24(32-25)30-18-19-6-2-1-3-7-19/h1-13H,14-18H2,(H,30,31,32). The number of nitrogens with zero attached hydrogens (tertiary/aromatic N) is 4. The van der Waals surface area contributed by atoms with Crippen molar-refractivity contribution in [3.05, 3.63) is 90.0 Å². The van der Waals surface area contributed by atoms with Gasteiger partial charge in [0, 0.05) is 43.8 Å². The summed E-state index contributed by atoms with van der Waals surface area (Å²) in [6, 6.07) is 23.4. The van der Waals surface area contributed by atoms with Gasteiger partial charge in [0.1, 0.15) is 5.82 Å². The minimum atomic E-state index is -4.32. The van der Waals surface area contributed by atoms with Gasteiger partial charge < -0.3 is 15.1 Å². The van der Waals surface area contributed by atoms with Crippen LogP contribution < -0.4 is 15.1 Å². The van der Waals surface area contributed by atoms with Gasteiger partial charge in [-0.15, -0.1) is 0 Å². The summed E-state index contributed by atoms with van der Waals surface area (Å²) in [4.78, 5) is 13.8. The minimum absolute atomic E-state index is 0.630. The van der Waals surface area contributed by atoms with Crippen molar-refractivity contribution >= 4 is 28.4 Å². The molecule has 5 rings (SSSR count). The fraction of sp³-hybridized carbons (Fsp3) is 0.231. The van der Waals surface area contributed by atoms with E-state index < -0.39 is 11.7 Å². The molecule has 1 aliphatic rings. The van der Waals surface area contributed by atoms with Crippen molar-refractivity contribution in [1.29, 1.82) is 0 Å². The Morgan fingerprint density at radius 1 is 0.735 bits per heavy atom. The molecule has 0 atom stereocenters. The third-order valence-corrected chi connectivity index (χ3v) is 6.02. The number of benzene rings is 3. The average molecular weight is 464 g/mol. The van der Waals surface area contributed by atoms with Crippen LogP contribution >= 0.6 is 0 Å². The number of piperazine rings is 1. The number of anilines is 3. The summed E-state index contributed by atoms with van der Waals surface area (Å²) in [6.07, 6.45) is -4.32. The first kappa shape index (κ1) is 22.0. The third kappa shape index (κ3) is 4.76. The van der Waals surface area contributed by atoms with E-state index in [-0.39, 0.29) is 0 Å². The molecule has 2 heterocycles. The van der Waals surface area contributed by atoms with E-state index in [0.717, 1.165) is 40.1 Å². The van der Waals surface area contributed by atoms with E-state index in [2.05, 4.69) is 27.2 Å². The van der Waals surface area contributed by atoms with Gasteiger partial charge in [-0.05, 0) is 42.0 Å². The molecule has 0 radical (unpaired) electrons. The lowest BCUT2D eigenvalue weighted by Crippen LogP contribution is -2.47. The molecule has 0 spiro atoms. The monoisotopic (exact) mass is 463 g/mol. The number of para-hydroxylation sites is 1. The zero-order valence-corrected chi connectivity index (χ0v) is 18.5. The Morgan fingerprint density at radius 3 is 2.09 bits per heavy atom. The molecule has 0 bridgehead atoms. The van der Waals surface area contributed by atoms with Crippen LogP contribution in [0.4, 0.5) is 30.6 Å². The first-order chi connectivity index (χ1) is 16.5. The number of fused-ring (bicyclic) bond motifs is 1. The fourth-order valence-electron chi connectivity index (χ4n) is 4.15. The molecular formula is C26H24F3N5. The quantitative estimate of drug-likeness (QED) is 0.418. The van der Waals surface area contributed by atoms with E-state index in [0.29, 0.717) is 38.7 Å². The summed E-state index contributed by atoms with van der Waals surface area (Å²) < 4.78 is 38.6. The lowest BCUT2D eigenvalue weighted by molar-refractivity contribution is -0.137. The van der Waals surface area contributed by atoms with Crippen molar-refractivity contribution in [3.63, 3.8) is 0 Å². The molecule has 1 aromatic heterocycles. The van der Waals surface area contributed by atoms with Crippen molar-refractivity contribution in [3.8, 4) is 0 Å². The van der Waals surface area contributed by atoms with Crippen molar-refractivity contribution < 1.29 is 13.2 Å². The molecule has 3 aromatic carbocycles. The predicted octanol–water partition coefficient (Wildman–Crippen LogP) is 5.59. The maximum absolute atomic E-state index is 12.9. The van der Waals surface area contributed by atoms with E-state index in [9.17, 15) is 13.2 Å². The van der Waals surface area contributed by atoms with Gasteiger partial charge in [0.05, 0.1) is 11.1 Å². The van der Waals surface area contributed by atoms with Gasteiger partial charge >= 0.3 is 6.18 Å². The second-order valence-electron chi connectivity index (χ2n) is 8.25. The number of aromatic nitrogens is 2. The van der Waals surface area contributed by atoms with Crippen LogP contribution in [-0.4, -0.2) is 36.1 Å². The molecule has 0 amide bonds. The van der Waals surface area contributed by atoms with E-state index in [1.54, 1.807) is 0 Å². The van der Waals surface area contributed by atoms with Crippen LogP contribution in [0.15, 0.2) is 78.9 Å². The maximum atomic E-state index is 12.9. The summed E-state index contributed by atoms with van der Waals surface area (Å²) >= 11 is 0. The second-order valence-corrected chi connectivity index (χ2v) is 8.25. The molecule has 8 heteroatoms. The highest BCUT2D eigenvalue weighted by Gasteiger charge is 2.30. The zero-order chi connectivity index (χ0) is 23.5. The number of rotatable bonds is 5. The van der Waals surface area contributed by atoms with Crippen molar-refractivity contribution in [2.75, 3.05) is 41.3 Å². The van der Waals surface area contributed by atoms with Gasteiger partial charge in [0.15, 0.2) is 0 Å². The van der Waals surface area contributed by atoms with Gasteiger partial charge in [-0.3, -0.25) is 0 Å². The minimum Gasteiger partial charge on any atom is -0.368 e. The smallest absolute Gasteiger partial charge is 0.368 e. The van der Waals surface area contributed by atoms with Crippen molar-refractivity contribution in [1.82, 2.24) is 9.97 Å². The van der Waals surface area contributed by atoms with Crippen LogP contribution in [0.25, 0.3) is 10.9 Å². The fourth-order valence-corrected chi connectivity index (χ4v) is 4.15. The van der Waals surface area contributed by atoms with Gasteiger partial charge in [-0.1, -0.05) is 42.5 Å². The van der Waals surface area contributed by atoms with Crippen LogP contribution in [0.5, 0.6) is 0 Å². The molecule has 0 unspecified atom stereocenters. The molecule has 0 saturated carbocycles. The van der Waals surface area contributed by atoms with E-state index in [4.69, 9.17) is 9.97 Å². The number of hydrogen-bond acceptors (Lipinski definition) is 5. The Morgan fingerprint density at radius 2 is 1.38 bits per heavy atom. The highest BCUT2D eigenvalue weighted by Crippen LogP contribution is 2.31. The molecule has 34 heavy (non-hydrogen) atoms. The Labute approximate surface area is 195 Å². The van der Waals surface area contributed by atoms with E-state index in [1.165, 1.54) is 12.1 Å². The van der Waals surface area contributed by atoms with Crippen LogP contribution in [-0.2, 0) is 12.7 Å². The zero-order valence-electron chi connectivity index (χ0n) is 18.5. The first-order valence-corrected chi connectivity index (χ1v) is 11.2. The number of alkyl halides is 3. The van der Waals surface area contributed by atoms with Crippen molar-refractivity contribution in [2.45, 2.75) is 12.7 Å². The van der Waals surface area contributed by atoms with Gasteiger partial charge in [0.25, 0.3) is 0 Å². The summed E-state index contributed by atoms with van der Waals surface area (Å²) in [5.74, 6) is 1.44. The molecule has 4 aromatic rings. The average Bonchev–Trinajstić information content (AvgIpc) is 2.87. The van der Waals surface area contributed by atoms with Crippen molar-refractivity contribution in [2.24, 2.45) is 0 Å². The number of nitrogens with one attached hydrogen (secondary N) is 1. The second kappa shape index (κ2) is 9.21. The lowest BCUT2D eigenvalue weighted by atomic mass is 10.1. The van der Waals surface area contributed by atoms with Gasteiger partial charge in [0.2, 0.25) is 5.95 Å². The third-order valence-electron chi connectivity index (χ3n) is 6.02. The van der Waals surface area contributed by atoms with Crippen LogP contribution in [0.2, 0.25) is 0 Å². The highest BCUT2D eigenvalue weighted by molar-refractivity contribution is 5.90. The predicted molar refractivity (Wildman–Crippen MR) is 129 cm³/mol. The lowest BCUT2D eigenvalue weighted by Gasteiger charge is -2.36. The Balaban J connectivity index is 1.32. The highest BCUT2D eigenvalue weighted by atomic mass is 19.4. The number of halogens is 3. The maximum Gasteiger partial charge on any atom is 0.416 e. The molecule has 1 N–H and O–H groups in total. The summed E-state index contributed by atoms with van der Waals surface area (Å²) in [5, 5.41) is 4.42. The van der Waals surface area contributed by atoms with E-state index >= 15 is 0 Å². The molecule has 174 valence electrons. The Kier molecular flexibility index (Phi) is 5.96. The normalized spacial score (nSPS) is 14.4. The topological polar surface area (TPSA) is 44.3 Å². The molecule has 5 nitrogen and oxygen atoms in total. The summed E-state index contributed by atoms with van der Waals surface area (Å²) in [5.41, 5.74) is 2.19. The molecule has 1 saturated heterocycles. The molecular weight excluding hydrogens is 439 g/mol. The Bertz CT molecular complexity index is 1250. The molecule has 1 fully saturated rings. The van der Waals surface area contributed by atoms with Gasteiger partial charge in [-0.2, -0.15) is 18.2 Å². The SMILES string of the molecule is FC(F)(F)c1ccc(N2CCN(c3nc(NCc4ccccc4)c4ccccc4n3)CC2)cc1. The Hall–Kier alpha value is -3.81. The number of hydrogen-bond donors (Lipinski definition) is 1. The van der Waals surface area contributed by atoms with Crippen LogP contribution in [0.3, 0.4) is 0 Å².